The Morgan fingerprint density at radius 3 is 2.58 bits per heavy atom. The van der Waals surface area contributed by atoms with Crippen LogP contribution in [0.1, 0.15) is 20.8 Å². The average Bonchev–Trinajstić information content (AvgIpc) is 3.14. The SMILES string of the molecule is COC(=O)c1ccccc1NC(=O)c1cc(-c2ccc(Cl)c(Cl)c2)on1. The number of carbonyl (C=O) groups is 2. The number of anilines is 1. The molecule has 0 saturated heterocycles. The van der Waals surface area contributed by atoms with Crippen LogP contribution in [0.15, 0.2) is 53.1 Å². The van der Waals surface area contributed by atoms with Crippen LogP contribution in [0.4, 0.5) is 5.69 Å². The number of aromatic nitrogens is 1. The van der Waals surface area contributed by atoms with Gasteiger partial charge in [-0.15, -0.1) is 0 Å². The van der Waals surface area contributed by atoms with E-state index in [1.807, 2.05) is 0 Å². The Morgan fingerprint density at radius 2 is 1.85 bits per heavy atom. The molecule has 6 nitrogen and oxygen atoms in total. The number of halogens is 2. The lowest BCUT2D eigenvalue weighted by Gasteiger charge is -2.07. The molecule has 3 aromatic rings. The van der Waals surface area contributed by atoms with Gasteiger partial charge in [0.2, 0.25) is 0 Å². The third kappa shape index (κ3) is 3.71. The number of rotatable bonds is 4. The largest absolute Gasteiger partial charge is 0.465 e. The average molecular weight is 391 g/mol. The molecule has 0 bridgehead atoms. The summed E-state index contributed by atoms with van der Waals surface area (Å²) in [6.45, 7) is 0. The molecule has 0 atom stereocenters. The van der Waals surface area contributed by atoms with Crippen LogP contribution in [0.3, 0.4) is 0 Å². The molecule has 1 amide bonds. The number of benzene rings is 2. The maximum absolute atomic E-state index is 12.4. The van der Waals surface area contributed by atoms with Crippen LogP contribution < -0.4 is 5.32 Å². The fourth-order valence-electron chi connectivity index (χ4n) is 2.23. The molecule has 0 saturated carbocycles. The second kappa shape index (κ2) is 7.59. The van der Waals surface area contributed by atoms with Crippen molar-refractivity contribution in [3.8, 4) is 11.3 Å². The van der Waals surface area contributed by atoms with Gasteiger partial charge >= 0.3 is 5.97 Å². The van der Waals surface area contributed by atoms with Gasteiger partial charge in [0.1, 0.15) is 0 Å². The van der Waals surface area contributed by atoms with Crippen LogP contribution in [-0.4, -0.2) is 24.1 Å². The van der Waals surface area contributed by atoms with E-state index in [1.54, 1.807) is 42.5 Å². The second-order valence-corrected chi connectivity index (χ2v) is 6.01. The Hall–Kier alpha value is -2.83. The summed E-state index contributed by atoms with van der Waals surface area (Å²) in [6, 6.07) is 12.9. The Bertz CT molecular complexity index is 985. The molecular formula is C18H12Cl2N2O4. The summed E-state index contributed by atoms with van der Waals surface area (Å²) in [5, 5.41) is 7.14. The van der Waals surface area contributed by atoms with Crippen LogP contribution in [0.2, 0.25) is 10.0 Å². The lowest BCUT2D eigenvalue weighted by Crippen LogP contribution is -2.15. The lowest BCUT2D eigenvalue weighted by atomic mass is 10.1. The van der Waals surface area contributed by atoms with E-state index >= 15 is 0 Å². The van der Waals surface area contributed by atoms with Crippen molar-refractivity contribution in [1.29, 1.82) is 0 Å². The number of hydrogen-bond donors (Lipinski definition) is 1. The van der Waals surface area contributed by atoms with Gasteiger partial charge in [0, 0.05) is 11.6 Å². The molecule has 132 valence electrons. The highest BCUT2D eigenvalue weighted by molar-refractivity contribution is 6.42. The normalized spacial score (nSPS) is 10.4. The Kier molecular flexibility index (Phi) is 5.25. The van der Waals surface area contributed by atoms with Crippen LogP contribution in [0.5, 0.6) is 0 Å². The van der Waals surface area contributed by atoms with Crippen molar-refractivity contribution in [2.45, 2.75) is 0 Å². The predicted octanol–water partition coefficient (Wildman–Crippen LogP) is 4.69. The van der Waals surface area contributed by atoms with Crippen LogP contribution in [0, 0.1) is 0 Å². The minimum Gasteiger partial charge on any atom is -0.465 e. The molecule has 0 aliphatic rings. The number of methoxy groups -OCH3 is 1. The van der Waals surface area contributed by atoms with Crippen molar-refractivity contribution in [3.63, 3.8) is 0 Å². The van der Waals surface area contributed by atoms with Gasteiger partial charge in [0.05, 0.1) is 28.4 Å². The van der Waals surface area contributed by atoms with Gasteiger partial charge in [-0.3, -0.25) is 4.79 Å². The van der Waals surface area contributed by atoms with Gasteiger partial charge in [-0.2, -0.15) is 0 Å². The molecule has 3 rings (SSSR count). The van der Waals surface area contributed by atoms with Gasteiger partial charge in [-0.25, -0.2) is 4.79 Å². The van der Waals surface area contributed by atoms with Gasteiger partial charge in [-0.05, 0) is 30.3 Å². The molecule has 0 unspecified atom stereocenters. The van der Waals surface area contributed by atoms with Gasteiger partial charge in [-0.1, -0.05) is 40.5 Å². The van der Waals surface area contributed by atoms with E-state index < -0.39 is 11.9 Å². The van der Waals surface area contributed by atoms with Crippen molar-refractivity contribution in [1.82, 2.24) is 5.16 Å². The molecule has 2 aromatic carbocycles. The highest BCUT2D eigenvalue weighted by Gasteiger charge is 2.18. The summed E-state index contributed by atoms with van der Waals surface area (Å²) < 4.78 is 9.90. The van der Waals surface area contributed by atoms with E-state index in [1.165, 1.54) is 13.2 Å². The number of amides is 1. The summed E-state index contributed by atoms with van der Waals surface area (Å²) >= 11 is 11.9. The van der Waals surface area contributed by atoms with Crippen LogP contribution in [0.25, 0.3) is 11.3 Å². The van der Waals surface area contributed by atoms with Crippen LogP contribution in [-0.2, 0) is 4.74 Å². The van der Waals surface area contributed by atoms with Gasteiger partial charge < -0.3 is 14.6 Å². The van der Waals surface area contributed by atoms with Crippen molar-refractivity contribution < 1.29 is 18.8 Å². The molecule has 0 radical (unpaired) electrons. The molecular weight excluding hydrogens is 379 g/mol. The standard InChI is InChI=1S/C18H12Cl2N2O4/c1-25-18(24)11-4-2-3-5-14(11)21-17(23)15-9-16(26-22-15)10-6-7-12(19)13(20)8-10/h2-9H,1H3,(H,21,23). The van der Waals surface area contributed by atoms with Gasteiger partial charge in [0.15, 0.2) is 11.5 Å². The number of esters is 1. The smallest absolute Gasteiger partial charge is 0.339 e. The first-order valence-electron chi connectivity index (χ1n) is 7.40. The molecule has 0 aliphatic heterocycles. The third-order valence-corrected chi connectivity index (χ3v) is 4.27. The second-order valence-electron chi connectivity index (χ2n) is 5.20. The minimum absolute atomic E-state index is 0.0470. The number of nitrogens with zero attached hydrogens (tertiary/aromatic N) is 1. The van der Waals surface area contributed by atoms with E-state index in [-0.39, 0.29) is 11.3 Å². The van der Waals surface area contributed by atoms with Crippen molar-refractivity contribution in [2.75, 3.05) is 12.4 Å². The highest BCUT2D eigenvalue weighted by Crippen LogP contribution is 2.29. The van der Waals surface area contributed by atoms with Crippen LogP contribution >= 0.6 is 23.2 Å². The first-order valence-corrected chi connectivity index (χ1v) is 8.16. The first-order chi connectivity index (χ1) is 12.5. The fourth-order valence-corrected chi connectivity index (χ4v) is 2.53. The Labute approximate surface area is 158 Å². The van der Waals surface area contributed by atoms with Crippen molar-refractivity contribution in [3.05, 3.63) is 69.8 Å². The zero-order valence-corrected chi connectivity index (χ0v) is 15.0. The lowest BCUT2D eigenvalue weighted by molar-refractivity contribution is 0.0602. The monoisotopic (exact) mass is 390 g/mol. The minimum atomic E-state index is -0.558. The van der Waals surface area contributed by atoms with E-state index in [0.717, 1.165) is 0 Å². The summed E-state index contributed by atoms with van der Waals surface area (Å²) in [5.74, 6) is -0.732. The third-order valence-electron chi connectivity index (χ3n) is 3.53. The number of carbonyl (C=O) groups excluding carboxylic acids is 2. The molecule has 1 N–H and O–H groups in total. The van der Waals surface area contributed by atoms with E-state index in [0.29, 0.717) is 27.1 Å². The van der Waals surface area contributed by atoms with Crippen molar-refractivity contribution >= 4 is 40.8 Å². The topological polar surface area (TPSA) is 81.4 Å². The molecule has 0 aliphatic carbocycles. The summed E-state index contributed by atoms with van der Waals surface area (Å²) in [5.41, 5.74) is 1.21. The Morgan fingerprint density at radius 1 is 1.08 bits per heavy atom. The summed E-state index contributed by atoms with van der Waals surface area (Å²) in [7, 11) is 1.27. The molecule has 0 fully saturated rings. The Balaban J connectivity index is 1.83. The maximum Gasteiger partial charge on any atom is 0.339 e. The molecule has 26 heavy (non-hydrogen) atoms. The highest BCUT2D eigenvalue weighted by atomic mass is 35.5. The predicted molar refractivity (Wildman–Crippen MR) is 97.7 cm³/mol. The van der Waals surface area contributed by atoms with E-state index in [9.17, 15) is 9.59 Å². The zero-order valence-electron chi connectivity index (χ0n) is 13.5. The first kappa shape index (κ1) is 18.0. The summed E-state index contributed by atoms with van der Waals surface area (Å²) in [6.07, 6.45) is 0. The van der Waals surface area contributed by atoms with Gasteiger partial charge in [0.25, 0.3) is 5.91 Å². The maximum atomic E-state index is 12.4. The number of nitrogens with one attached hydrogen (secondary N) is 1. The number of ether oxygens (including phenoxy) is 1. The fraction of sp³-hybridized carbons (Fsp3) is 0.0556. The van der Waals surface area contributed by atoms with E-state index in [2.05, 4.69) is 10.5 Å². The van der Waals surface area contributed by atoms with Crippen molar-refractivity contribution in [2.24, 2.45) is 0 Å². The molecule has 0 spiro atoms. The number of hydrogen-bond acceptors (Lipinski definition) is 5. The molecule has 1 aromatic heterocycles. The quantitative estimate of drug-likeness (QED) is 0.653. The zero-order chi connectivity index (χ0) is 18.7. The molecule has 8 heteroatoms. The summed E-state index contributed by atoms with van der Waals surface area (Å²) in [4.78, 5) is 24.2. The molecule has 1 heterocycles. The van der Waals surface area contributed by atoms with E-state index in [4.69, 9.17) is 32.5 Å². The number of para-hydroxylation sites is 1.